The number of carbonyl (C=O) groups is 1. The summed E-state index contributed by atoms with van der Waals surface area (Å²) in [5.74, 6) is 1.14. The maximum absolute atomic E-state index is 12.9. The molecule has 1 aliphatic rings. The van der Waals surface area contributed by atoms with Gasteiger partial charge in [0, 0.05) is 11.0 Å². The van der Waals surface area contributed by atoms with E-state index >= 15 is 0 Å². The van der Waals surface area contributed by atoms with Gasteiger partial charge in [0.25, 0.3) is 5.91 Å². The van der Waals surface area contributed by atoms with Crippen molar-refractivity contribution in [1.29, 1.82) is 0 Å². The van der Waals surface area contributed by atoms with E-state index in [2.05, 4.69) is 36.9 Å². The van der Waals surface area contributed by atoms with E-state index in [4.69, 9.17) is 21.1 Å². The Hall–Kier alpha value is -1.48. The Morgan fingerprint density at radius 3 is 2.60 bits per heavy atom. The molecule has 0 N–H and O–H groups in total. The zero-order chi connectivity index (χ0) is 21.8. The molecule has 30 heavy (non-hydrogen) atoms. The SMILES string of the molecule is CCOc1cc(/C=C2/SC(=Nc3ccc(Br)c(Cl)c3)N(CC)C2=O)cc(Br)c1OC. The second-order valence-corrected chi connectivity index (χ2v) is 9.24. The van der Waals surface area contributed by atoms with E-state index in [1.807, 2.05) is 44.2 Å². The van der Waals surface area contributed by atoms with Gasteiger partial charge in [-0.2, -0.15) is 0 Å². The van der Waals surface area contributed by atoms with E-state index in [0.29, 0.717) is 45.4 Å². The van der Waals surface area contributed by atoms with E-state index < -0.39 is 0 Å². The van der Waals surface area contributed by atoms with Gasteiger partial charge in [-0.15, -0.1) is 0 Å². The number of amidine groups is 1. The molecule has 2 aromatic rings. The van der Waals surface area contributed by atoms with Crippen LogP contribution in [-0.2, 0) is 4.79 Å². The predicted molar refractivity (Wildman–Crippen MR) is 131 cm³/mol. The number of thioether (sulfide) groups is 1. The van der Waals surface area contributed by atoms with Crippen molar-refractivity contribution in [3.8, 4) is 11.5 Å². The normalized spacial score (nSPS) is 16.6. The van der Waals surface area contributed by atoms with Gasteiger partial charge in [-0.3, -0.25) is 9.69 Å². The number of ether oxygens (including phenoxy) is 2. The molecule has 0 atom stereocenters. The van der Waals surface area contributed by atoms with Crippen LogP contribution in [0.3, 0.4) is 0 Å². The molecule has 0 spiro atoms. The summed E-state index contributed by atoms with van der Waals surface area (Å²) < 4.78 is 12.6. The lowest BCUT2D eigenvalue weighted by Crippen LogP contribution is -2.28. The minimum absolute atomic E-state index is 0.0886. The summed E-state index contributed by atoms with van der Waals surface area (Å²) in [5, 5.41) is 1.18. The number of hydrogen-bond donors (Lipinski definition) is 0. The lowest BCUT2D eigenvalue weighted by atomic mass is 10.2. The van der Waals surface area contributed by atoms with Gasteiger partial charge in [0.05, 0.1) is 33.8 Å². The number of hydrogen-bond acceptors (Lipinski definition) is 5. The Balaban J connectivity index is 1.97. The molecule has 1 fully saturated rings. The molecule has 158 valence electrons. The van der Waals surface area contributed by atoms with Gasteiger partial charge >= 0.3 is 0 Å². The Bertz CT molecular complexity index is 1040. The second-order valence-electron chi connectivity index (χ2n) is 6.12. The van der Waals surface area contributed by atoms with E-state index in [9.17, 15) is 4.79 Å². The Morgan fingerprint density at radius 1 is 1.20 bits per heavy atom. The average Bonchev–Trinajstić information content (AvgIpc) is 2.99. The molecule has 9 heteroatoms. The van der Waals surface area contributed by atoms with Crippen molar-refractivity contribution in [3.05, 3.63) is 54.8 Å². The van der Waals surface area contributed by atoms with Gasteiger partial charge in [-0.05, 0) is 99.4 Å². The van der Waals surface area contributed by atoms with Crippen molar-refractivity contribution in [2.75, 3.05) is 20.3 Å². The first kappa shape index (κ1) is 23.2. The minimum Gasteiger partial charge on any atom is -0.492 e. The molecular formula is C21H19Br2ClN2O3S. The van der Waals surface area contributed by atoms with Crippen LogP contribution in [0.1, 0.15) is 19.4 Å². The van der Waals surface area contributed by atoms with Gasteiger partial charge in [-0.1, -0.05) is 11.6 Å². The summed E-state index contributed by atoms with van der Waals surface area (Å²) in [6, 6.07) is 9.18. The van der Waals surface area contributed by atoms with Crippen LogP contribution in [0.2, 0.25) is 5.02 Å². The zero-order valence-electron chi connectivity index (χ0n) is 16.5. The topological polar surface area (TPSA) is 51.1 Å². The predicted octanol–water partition coefficient (Wildman–Crippen LogP) is 6.90. The Morgan fingerprint density at radius 2 is 1.97 bits per heavy atom. The van der Waals surface area contributed by atoms with Crippen LogP contribution in [0.5, 0.6) is 11.5 Å². The molecule has 1 saturated heterocycles. The first-order chi connectivity index (χ1) is 14.4. The quantitative estimate of drug-likeness (QED) is 0.353. The molecule has 0 aliphatic carbocycles. The third-order valence-corrected chi connectivity index (χ3v) is 6.99. The number of likely N-dealkylation sites (N-methyl/N-ethyl adjacent to an activating group) is 1. The van der Waals surface area contributed by atoms with Crippen LogP contribution in [-0.4, -0.2) is 36.2 Å². The largest absolute Gasteiger partial charge is 0.492 e. The standard InChI is InChI=1S/C21H19Br2ClN2O3S/c1-4-26-20(27)18(30-21(26)25-13-6-7-14(22)16(24)11-13)10-12-8-15(23)19(28-3)17(9-12)29-5-2/h6-11H,4-5H2,1-3H3/b18-10+,25-21?. The number of rotatable bonds is 6. The van der Waals surface area contributed by atoms with Crippen molar-refractivity contribution in [2.24, 2.45) is 4.99 Å². The smallest absolute Gasteiger partial charge is 0.266 e. The fraction of sp³-hybridized carbons (Fsp3) is 0.238. The lowest BCUT2D eigenvalue weighted by molar-refractivity contribution is -0.122. The van der Waals surface area contributed by atoms with Crippen LogP contribution in [0, 0.1) is 0 Å². The monoisotopic (exact) mass is 572 g/mol. The second kappa shape index (κ2) is 10.2. The number of aliphatic imine (C=N–C) groups is 1. The zero-order valence-corrected chi connectivity index (χ0v) is 21.3. The Kier molecular flexibility index (Phi) is 7.90. The van der Waals surface area contributed by atoms with Crippen molar-refractivity contribution >= 4 is 78.1 Å². The van der Waals surface area contributed by atoms with Crippen LogP contribution in [0.4, 0.5) is 5.69 Å². The van der Waals surface area contributed by atoms with Gasteiger partial charge in [0.15, 0.2) is 16.7 Å². The van der Waals surface area contributed by atoms with E-state index in [1.54, 1.807) is 18.1 Å². The van der Waals surface area contributed by atoms with Crippen LogP contribution >= 0.6 is 55.2 Å². The van der Waals surface area contributed by atoms with Crippen LogP contribution in [0.25, 0.3) is 6.08 Å². The van der Waals surface area contributed by atoms with Crippen molar-refractivity contribution in [1.82, 2.24) is 4.90 Å². The fourth-order valence-corrected chi connectivity index (χ4v) is 4.92. The van der Waals surface area contributed by atoms with Crippen LogP contribution < -0.4 is 9.47 Å². The maximum atomic E-state index is 12.9. The molecule has 0 unspecified atom stereocenters. The molecule has 0 radical (unpaired) electrons. The van der Waals surface area contributed by atoms with Crippen LogP contribution in [0.15, 0.2) is 49.2 Å². The molecule has 1 aliphatic heterocycles. The van der Waals surface area contributed by atoms with E-state index in [1.165, 1.54) is 11.8 Å². The maximum Gasteiger partial charge on any atom is 0.266 e. The fourth-order valence-electron chi connectivity index (χ4n) is 2.82. The number of benzene rings is 2. The highest BCUT2D eigenvalue weighted by molar-refractivity contribution is 9.10. The van der Waals surface area contributed by atoms with Crippen molar-refractivity contribution < 1.29 is 14.3 Å². The molecular weight excluding hydrogens is 556 g/mol. The molecule has 2 aromatic carbocycles. The third-order valence-electron chi connectivity index (χ3n) is 4.17. The summed E-state index contributed by atoms with van der Waals surface area (Å²) >= 11 is 14.4. The van der Waals surface area contributed by atoms with E-state index in [-0.39, 0.29) is 5.91 Å². The molecule has 1 heterocycles. The molecule has 5 nitrogen and oxygen atoms in total. The third kappa shape index (κ3) is 5.04. The molecule has 0 saturated carbocycles. The highest BCUT2D eigenvalue weighted by atomic mass is 79.9. The van der Waals surface area contributed by atoms with Gasteiger partial charge in [0.2, 0.25) is 0 Å². The molecule has 0 bridgehead atoms. The number of methoxy groups -OCH3 is 1. The van der Waals surface area contributed by atoms with Gasteiger partial charge < -0.3 is 9.47 Å². The first-order valence-corrected chi connectivity index (χ1v) is 11.9. The average molecular weight is 575 g/mol. The van der Waals surface area contributed by atoms with Gasteiger partial charge in [-0.25, -0.2) is 4.99 Å². The lowest BCUT2D eigenvalue weighted by Gasteiger charge is -2.12. The molecule has 3 rings (SSSR count). The summed E-state index contributed by atoms with van der Waals surface area (Å²) in [5.41, 5.74) is 1.51. The number of halogens is 3. The van der Waals surface area contributed by atoms with Crippen molar-refractivity contribution in [2.45, 2.75) is 13.8 Å². The molecule has 1 amide bonds. The minimum atomic E-state index is -0.0886. The van der Waals surface area contributed by atoms with E-state index in [0.717, 1.165) is 14.5 Å². The van der Waals surface area contributed by atoms with Gasteiger partial charge in [0.1, 0.15) is 0 Å². The number of amides is 1. The van der Waals surface area contributed by atoms with Crippen molar-refractivity contribution in [3.63, 3.8) is 0 Å². The summed E-state index contributed by atoms with van der Waals surface area (Å²) in [4.78, 5) is 19.8. The first-order valence-electron chi connectivity index (χ1n) is 9.13. The summed E-state index contributed by atoms with van der Waals surface area (Å²) in [6.45, 7) is 4.85. The summed E-state index contributed by atoms with van der Waals surface area (Å²) in [7, 11) is 1.59. The molecule has 0 aromatic heterocycles. The Labute approximate surface area is 201 Å². The highest BCUT2D eigenvalue weighted by Gasteiger charge is 2.32. The highest BCUT2D eigenvalue weighted by Crippen LogP contribution is 2.39. The number of nitrogens with zero attached hydrogens (tertiary/aromatic N) is 2. The number of carbonyl (C=O) groups excluding carboxylic acids is 1. The summed E-state index contributed by atoms with van der Waals surface area (Å²) in [6.07, 6.45) is 1.83.